The molecule has 0 heterocycles. The number of anilines is 1. The highest BCUT2D eigenvalue weighted by Crippen LogP contribution is 2.15. The molecule has 0 aliphatic heterocycles. The Kier molecular flexibility index (Phi) is 5.32. The molecule has 0 aromatic heterocycles. The number of rotatable bonds is 6. The van der Waals surface area contributed by atoms with Crippen molar-refractivity contribution < 1.29 is 19.4 Å². The number of nitrogens with two attached hydrogens (primary N) is 1. The molecule has 0 radical (unpaired) electrons. The molecule has 0 aliphatic rings. The zero-order valence-electron chi connectivity index (χ0n) is 11.0. The van der Waals surface area contributed by atoms with Gasteiger partial charge in [0.25, 0.3) is 5.91 Å². The zero-order valence-corrected chi connectivity index (χ0v) is 11.0. The van der Waals surface area contributed by atoms with Crippen LogP contribution in [-0.2, 0) is 9.53 Å². The number of amides is 1. The minimum Gasteiger partial charge on any atom is -0.480 e. The van der Waals surface area contributed by atoms with Gasteiger partial charge >= 0.3 is 5.97 Å². The molecule has 0 fully saturated rings. The van der Waals surface area contributed by atoms with Crippen molar-refractivity contribution in [3.8, 4) is 0 Å². The molecule has 1 rings (SSSR count). The SMILES string of the molecule is COCCC(NC(=O)c1cccc(N)c1C)C(=O)O. The molecule has 1 aromatic rings. The van der Waals surface area contributed by atoms with Crippen LogP contribution in [0, 0.1) is 6.92 Å². The number of carboxylic acids is 1. The van der Waals surface area contributed by atoms with Crippen molar-refractivity contribution in [1.82, 2.24) is 5.32 Å². The Morgan fingerprint density at radius 3 is 2.74 bits per heavy atom. The molecule has 4 N–H and O–H groups in total. The summed E-state index contributed by atoms with van der Waals surface area (Å²) in [5.41, 5.74) is 7.22. The van der Waals surface area contributed by atoms with Gasteiger partial charge in [-0.05, 0) is 24.6 Å². The standard InChI is InChI=1S/C13H18N2O4/c1-8-9(4-3-5-10(8)14)12(16)15-11(13(17)18)6-7-19-2/h3-5,11H,6-7,14H2,1-2H3,(H,15,16)(H,17,18). The predicted octanol–water partition coefficient (Wildman–Crippen LogP) is 0.797. The number of ether oxygens (including phenoxy) is 1. The van der Waals surface area contributed by atoms with E-state index in [1.807, 2.05) is 0 Å². The highest BCUT2D eigenvalue weighted by molar-refractivity contribution is 5.98. The second-order valence-corrected chi connectivity index (χ2v) is 4.17. The highest BCUT2D eigenvalue weighted by atomic mass is 16.5. The fourth-order valence-electron chi connectivity index (χ4n) is 1.63. The smallest absolute Gasteiger partial charge is 0.326 e. The van der Waals surface area contributed by atoms with Crippen molar-refractivity contribution in [2.75, 3.05) is 19.5 Å². The Bertz CT molecular complexity index is 474. The van der Waals surface area contributed by atoms with E-state index in [1.165, 1.54) is 7.11 Å². The molecule has 0 aliphatic carbocycles. The van der Waals surface area contributed by atoms with Crippen molar-refractivity contribution in [2.45, 2.75) is 19.4 Å². The van der Waals surface area contributed by atoms with Crippen LogP contribution in [0.2, 0.25) is 0 Å². The number of aliphatic carboxylic acids is 1. The quantitative estimate of drug-likeness (QED) is 0.661. The van der Waals surface area contributed by atoms with Gasteiger partial charge in [0.1, 0.15) is 6.04 Å². The summed E-state index contributed by atoms with van der Waals surface area (Å²) in [7, 11) is 1.47. The van der Waals surface area contributed by atoms with Gasteiger partial charge < -0.3 is 20.9 Å². The van der Waals surface area contributed by atoms with E-state index in [1.54, 1.807) is 25.1 Å². The van der Waals surface area contributed by atoms with Crippen LogP contribution in [0.5, 0.6) is 0 Å². The van der Waals surface area contributed by atoms with E-state index in [4.69, 9.17) is 15.6 Å². The summed E-state index contributed by atoms with van der Waals surface area (Å²) < 4.78 is 4.82. The van der Waals surface area contributed by atoms with Gasteiger partial charge in [-0.2, -0.15) is 0 Å². The van der Waals surface area contributed by atoms with Gasteiger partial charge in [-0.25, -0.2) is 4.79 Å². The minimum absolute atomic E-state index is 0.207. The minimum atomic E-state index is -1.09. The Balaban J connectivity index is 2.82. The maximum Gasteiger partial charge on any atom is 0.326 e. The van der Waals surface area contributed by atoms with E-state index >= 15 is 0 Å². The van der Waals surface area contributed by atoms with Crippen LogP contribution in [0.4, 0.5) is 5.69 Å². The largest absolute Gasteiger partial charge is 0.480 e. The van der Waals surface area contributed by atoms with Crippen LogP contribution in [-0.4, -0.2) is 36.7 Å². The van der Waals surface area contributed by atoms with Crippen LogP contribution in [0.3, 0.4) is 0 Å². The van der Waals surface area contributed by atoms with E-state index < -0.39 is 17.9 Å². The normalized spacial score (nSPS) is 11.9. The lowest BCUT2D eigenvalue weighted by atomic mass is 10.1. The third-order valence-electron chi connectivity index (χ3n) is 2.83. The van der Waals surface area contributed by atoms with Crippen molar-refractivity contribution >= 4 is 17.6 Å². The van der Waals surface area contributed by atoms with E-state index in [-0.39, 0.29) is 13.0 Å². The van der Waals surface area contributed by atoms with Crippen LogP contribution in [0.15, 0.2) is 18.2 Å². The summed E-state index contributed by atoms with van der Waals surface area (Å²) in [6.45, 7) is 1.97. The maximum atomic E-state index is 12.0. The third kappa shape index (κ3) is 3.96. The number of methoxy groups -OCH3 is 1. The lowest BCUT2D eigenvalue weighted by Crippen LogP contribution is -2.41. The molecule has 1 amide bonds. The molecular weight excluding hydrogens is 248 g/mol. The molecule has 6 heteroatoms. The molecule has 1 aromatic carbocycles. The van der Waals surface area contributed by atoms with E-state index in [9.17, 15) is 9.59 Å². The molecule has 104 valence electrons. The first kappa shape index (κ1) is 15.0. The van der Waals surface area contributed by atoms with E-state index in [2.05, 4.69) is 5.32 Å². The Morgan fingerprint density at radius 1 is 1.47 bits per heavy atom. The molecule has 0 saturated heterocycles. The van der Waals surface area contributed by atoms with Crippen LogP contribution >= 0.6 is 0 Å². The van der Waals surface area contributed by atoms with E-state index in [0.29, 0.717) is 16.8 Å². The Hall–Kier alpha value is -2.08. The summed E-state index contributed by atoms with van der Waals surface area (Å²) in [5.74, 6) is -1.54. The van der Waals surface area contributed by atoms with Crippen molar-refractivity contribution in [3.63, 3.8) is 0 Å². The molecule has 0 saturated carbocycles. The number of carboxylic acid groups (broad SMARTS) is 1. The number of hydrogen-bond acceptors (Lipinski definition) is 4. The Morgan fingerprint density at radius 2 is 2.16 bits per heavy atom. The summed E-state index contributed by atoms with van der Waals surface area (Å²) in [6, 6.07) is 3.97. The predicted molar refractivity (Wildman–Crippen MR) is 71.0 cm³/mol. The molecule has 19 heavy (non-hydrogen) atoms. The van der Waals surface area contributed by atoms with Gasteiger partial charge in [0.05, 0.1) is 0 Å². The summed E-state index contributed by atoms with van der Waals surface area (Å²) in [5, 5.41) is 11.5. The van der Waals surface area contributed by atoms with Crippen LogP contribution in [0.25, 0.3) is 0 Å². The fraction of sp³-hybridized carbons (Fsp3) is 0.385. The van der Waals surface area contributed by atoms with Gasteiger partial charge in [0, 0.05) is 31.4 Å². The first-order valence-corrected chi connectivity index (χ1v) is 5.85. The van der Waals surface area contributed by atoms with E-state index in [0.717, 1.165) is 0 Å². The fourth-order valence-corrected chi connectivity index (χ4v) is 1.63. The second kappa shape index (κ2) is 6.75. The summed E-state index contributed by atoms with van der Waals surface area (Å²) in [6.07, 6.45) is 0.207. The van der Waals surface area contributed by atoms with Gasteiger partial charge in [0.15, 0.2) is 0 Å². The molecule has 6 nitrogen and oxygen atoms in total. The molecular formula is C13H18N2O4. The lowest BCUT2D eigenvalue weighted by Gasteiger charge is -2.15. The molecule has 0 bridgehead atoms. The van der Waals surface area contributed by atoms with Gasteiger partial charge in [-0.15, -0.1) is 0 Å². The van der Waals surface area contributed by atoms with Crippen molar-refractivity contribution in [1.29, 1.82) is 0 Å². The first-order valence-electron chi connectivity index (χ1n) is 5.85. The average Bonchev–Trinajstić information content (AvgIpc) is 2.37. The highest BCUT2D eigenvalue weighted by Gasteiger charge is 2.21. The number of benzene rings is 1. The first-order chi connectivity index (χ1) is 8.97. The second-order valence-electron chi connectivity index (χ2n) is 4.17. The number of nitrogen functional groups attached to an aromatic ring is 1. The van der Waals surface area contributed by atoms with Crippen molar-refractivity contribution in [3.05, 3.63) is 29.3 Å². The average molecular weight is 266 g/mol. The number of hydrogen-bond donors (Lipinski definition) is 3. The monoisotopic (exact) mass is 266 g/mol. The number of carbonyl (C=O) groups excluding carboxylic acids is 1. The molecule has 0 spiro atoms. The van der Waals surface area contributed by atoms with Gasteiger partial charge in [-0.3, -0.25) is 4.79 Å². The van der Waals surface area contributed by atoms with Gasteiger partial charge in [-0.1, -0.05) is 6.07 Å². The number of carbonyl (C=O) groups is 2. The van der Waals surface area contributed by atoms with Crippen LogP contribution < -0.4 is 11.1 Å². The lowest BCUT2D eigenvalue weighted by molar-refractivity contribution is -0.139. The Labute approximate surface area is 111 Å². The van der Waals surface area contributed by atoms with Gasteiger partial charge in [0.2, 0.25) is 0 Å². The number of nitrogens with one attached hydrogen (secondary N) is 1. The molecule has 1 atom stereocenters. The van der Waals surface area contributed by atoms with Crippen LogP contribution in [0.1, 0.15) is 22.3 Å². The maximum absolute atomic E-state index is 12.0. The summed E-state index contributed by atoms with van der Waals surface area (Å²) in [4.78, 5) is 23.1. The third-order valence-corrected chi connectivity index (χ3v) is 2.83. The topological polar surface area (TPSA) is 102 Å². The zero-order chi connectivity index (χ0) is 14.4. The molecule has 1 unspecified atom stereocenters. The van der Waals surface area contributed by atoms with Crippen molar-refractivity contribution in [2.24, 2.45) is 0 Å². The summed E-state index contributed by atoms with van der Waals surface area (Å²) >= 11 is 0.